The Morgan fingerprint density at radius 2 is 2.28 bits per heavy atom. The van der Waals surface area contributed by atoms with Crippen LogP contribution in [0, 0.1) is 0 Å². The molecule has 0 aliphatic heterocycles. The first-order chi connectivity index (χ1) is 8.76. The van der Waals surface area contributed by atoms with Gasteiger partial charge in [-0.1, -0.05) is 6.92 Å². The SMILES string of the molecule is CCc1c(NN)ncnc1N(C)Cc1ccco1. The van der Waals surface area contributed by atoms with E-state index in [0.29, 0.717) is 12.4 Å². The van der Waals surface area contributed by atoms with E-state index in [2.05, 4.69) is 15.4 Å². The topological polar surface area (TPSA) is 80.2 Å². The van der Waals surface area contributed by atoms with E-state index in [1.807, 2.05) is 31.0 Å². The van der Waals surface area contributed by atoms with Crippen LogP contribution in [0.25, 0.3) is 0 Å². The highest BCUT2D eigenvalue weighted by molar-refractivity contribution is 5.57. The lowest BCUT2D eigenvalue weighted by Gasteiger charge is -2.20. The third-order valence-electron chi connectivity index (χ3n) is 2.75. The van der Waals surface area contributed by atoms with Gasteiger partial charge < -0.3 is 14.7 Å². The number of nitrogens with zero attached hydrogens (tertiary/aromatic N) is 3. The van der Waals surface area contributed by atoms with Gasteiger partial charge in [-0.15, -0.1) is 0 Å². The quantitative estimate of drug-likeness (QED) is 0.616. The average Bonchev–Trinajstić information content (AvgIpc) is 2.90. The van der Waals surface area contributed by atoms with Crippen molar-refractivity contribution in [2.45, 2.75) is 19.9 Å². The molecule has 96 valence electrons. The number of furan rings is 1. The summed E-state index contributed by atoms with van der Waals surface area (Å²) in [6, 6.07) is 3.81. The number of nitrogens with one attached hydrogen (secondary N) is 1. The standard InChI is InChI=1S/C12H17N5O/c1-3-10-11(16-13)14-8-15-12(10)17(2)7-9-5-4-6-18-9/h4-6,8H,3,7,13H2,1-2H3,(H,14,15,16). The van der Waals surface area contributed by atoms with Gasteiger partial charge in [0.15, 0.2) is 0 Å². The van der Waals surface area contributed by atoms with Gasteiger partial charge in [-0.3, -0.25) is 0 Å². The van der Waals surface area contributed by atoms with Crippen molar-refractivity contribution in [2.75, 3.05) is 17.4 Å². The molecule has 0 radical (unpaired) electrons. The zero-order chi connectivity index (χ0) is 13.0. The van der Waals surface area contributed by atoms with Gasteiger partial charge in [0, 0.05) is 12.6 Å². The first kappa shape index (κ1) is 12.4. The third kappa shape index (κ3) is 2.43. The number of anilines is 2. The van der Waals surface area contributed by atoms with Crippen LogP contribution in [0.15, 0.2) is 29.1 Å². The first-order valence-corrected chi connectivity index (χ1v) is 5.80. The van der Waals surface area contributed by atoms with Crippen LogP contribution in [0.4, 0.5) is 11.6 Å². The molecule has 0 spiro atoms. The minimum absolute atomic E-state index is 0.654. The van der Waals surface area contributed by atoms with Crippen molar-refractivity contribution in [3.63, 3.8) is 0 Å². The average molecular weight is 247 g/mol. The van der Waals surface area contributed by atoms with Gasteiger partial charge in [-0.2, -0.15) is 0 Å². The van der Waals surface area contributed by atoms with Crippen LogP contribution in [-0.4, -0.2) is 17.0 Å². The fourth-order valence-electron chi connectivity index (χ4n) is 1.89. The number of hydrazine groups is 1. The molecule has 0 fully saturated rings. The maximum atomic E-state index is 5.45. The zero-order valence-electron chi connectivity index (χ0n) is 10.6. The Bertz CT molecular complexity index is 497. The molecule has 2 aromatic rings. The summed E-state index contributed by atoms with van der Waals surface area (Å²) in [4.78, 5) is 10.4. The van der Waals surface area contributed by atoms with Crippen molar-refractivity contribution in [3.8, 4) is 0 Å². The summed E-state index contributed by atoms with van der Waals surface area (Å²) in [5.74, 6) is 7.86. The predicted molar refractivity (Wildman–Crippen MR) is 70.0 cm³/mol. The molecule has 0 bridgehead atoms. The van der Waals surface area contributed by atoms with Gasteiger partial charge >= 0.3 is 0 Å². The Hall–Kier alpha value is -2.08. The zero-order valence-corrected chi connectivity index (χ0v) is 10.6. The van der Waals surface area contributed by atoms with E-state index >= 15 is 0 Å². The lowest BCUT2D eigenvalue weighted by Crippen LogP contribution is -2.21. The van der Waals surface area contributed by atoms with Crippen LogP contribution in [0.3, 0.4) is 0 Å². The Morgan fingerprint density at radius 3 is 2.89 bits per heavy atom. The number of aromatic nitrogens is 2. The number of nitrogens with two attached hydrogens (primary N) is 1. The maximum absolute atomic E-state index is 5.45. The van der Waals surface area contributed by atoms with Crippen molar-refractivity contribution >= 4 is 11.6 Å². The fraction of sp³-hybridized carbons (Fsp3) is 0.333. The number of rotatable bonds is 5. The second kappa shape index (κ2) is 5.50. The van der Waals surface area contributed by atoms with E-state index < -0.39 is 0 Å². The Morgan fingerprint density at radius 1 is 1.44 bits per heavy atom. The maximum Gasteiger partial charge on any atom is 0.148 e. The molecule has 3 N–H and O–H groups in total. The van der Waals surface area contributed by atoms with Crippen molar-refractivity contribution in [1.82, 2.24) is 9.97 Å². The third-order valence-corrected chi connectivity index (χ3v) is 2.75. The van der Waals surface area contributed by atoms with E-state index in [1.165, 1.54) is 6.33 Å². The molecule has 2 aromatic heterocycles. The molecule has 6 nitrogen and oxygen atoms in total. The van der Waals surface area contributed by atoms with Crippen LogP contribution < -0.4 is 16.2 Å². The molecule has 0 atom stereocenters. The molecule has 0 saturated heterocycles. The minimum atomic E-state index is 0.654. The van der Waals surface area contributed by atoms with Gasteiger partial charge in [0.05, 0.1) is 12.8 Å². The summed E-state index contributed by atoms with van der Waals surface area (Å²) in [5, 5.41) is 0. The predicted octanol–water partition coefficient (Wildman–Crippen LogP) is 1.55. The van der Waals surface area contributed by atoms with Gasteiger partial charge in [0.1, 0.15) is 23.7 Å². The molecule has 6 heteroatoms. The second-order valence-corrected chi connectivity index (χ2v) is 3.96. The molecule has 18 heavy (non-hydrogen) atoms. The van der Waals surface area contributed by atoms with Gasteiger partial charge in [0.2, 0.25) is 0 Å². The van der Waals surface area contributed by atoms with Crippen LogP contribution in [-0.2, 0) is 13.0 Å². The van der Waals surface area contributed by atoms with Crippen LogP contribution >= 0.6 is 0 Å². The summed E-state index contributed by atoms with van der Waals surface area (Å²) < 4.78 is 5.33. The second-order valence-electron chi connectivity index (χ2n) is 3.96. The smallest absolute Gasteiger partial charge is 0.148 e. The van der Waals surface area contributed by atoms with Crippen LogP contribution in [0.5, 0.6) is 0 Å². The Labute approximate surface area is 106 Å². The van der Waals surface area contributed by atoms with E-state index in [0.717, 1.165) is 23.6 Å². The summed E-state index contributed by atoms with van der Waals surface area (Å²) >= 11 is 0. The van der Waals surface area contributed by atoms with Gasteiger partial charge in [0.25, 0.3) is 0 Å². The van der Waals surface area contributed by atoms with Gasteiger partial charge in [-0.05, 0) is 18.6 Å². The van der Waals surface area contributed by atoms with Crippen molar-refractivity contribution in [3.05, 3.63) is 36.0 Å². The number of hydrogen-bond acceptors (Lipinski definition) is 6. The molecule has 2 rings (SSSR count). The Balaban J connectivity index is 2.26. The van der Waals surface area contributed by atoms with Crippen LogP contribution in [0.2, 0.25) is 0 Å². The van der Waals surface area contributed by atoms with E-state index in [-0.39, 0.29) is 0 Å². The minimum Gasteiger partial charge on any atom is -0.467 e. The Kier molecular flexibility index (Phi) is 3.78. The van der Waals surface area contributed by atoms with Crippen molar-refractivity contribution in [1.29, 1.82) is 0 Å². The highest BCUT2D eigenvalue weighted by Crippen LogP contribution is 2.23. The fourth-order valence-corrected chi connectivity index (χ4v) is 1.89. The lowest BCUT2D eigenvalue weighted by molar-refractivity contribution is 0.506. The molecule has 0 aliphatic rings. The van der Waals surface area contributed by atoms with Gasteiger partial charge in [-0.25, -0.2) is 15.8 Å². The highest BCUT2D eigenvalue weighted by atomic mass is 16.3. The molecule has 2 heterocycles. The lowest BCUT2D eigenvalue weighted by atomic mass is 10.2. The molecular weight excluding hydrogens is 230 g/mol. The highest BCUT2D eigenvalue weighted by Gasteiger charge is 2.13. The number of hydrogen-bond donors (Lipinski definition) is 2. The van der Waals surface area contributed by atoms with Crippen molar-refractivity contribution in [2.24, 2.45) is 5.84 Å². The van der Waals surface area contributed by atoms with E-state index in [1.54, 1.807) is 6.26 Å². The van der Waals surface area contributed by atoms with Crippen LogP contribution in [0.1, 0.15) is 18.2 Å². The molecule has 0 amide bonds. The normalized spacial score (nSPS) is 10.4. The molecule has 0 saturated carbocycles. The van der Waals surface area contributed by atoms with E-state index in [4.69, 9.17) is 10.3 Å². The summed E-state index contributed by atoms with van der Waals surface area (Å²) in [6.45, 7) is 2.70. The summed E-state index contributed by atoms with van der Waals surface area (Å²) in [6.07, 6.45) is 3.97. The molecule has 0 unspecified atom stereocenters. The summed E-state index contributed by atoms with van der Waals surface area (Å²) in [7, 11) is 1.96. The monoisotopic (exact) mass is 247 g/mol. The largest absolute Gasteiger partial charge is 0.467 e. The first-order valence-electron chi connectivity index (χ1n) is 5.80. The summed E-state index contributed by atoms with van der Waals surface area (Å²) in [5.41, 5.74) is 3.59. The molecule has 0 aliphatic carbocycles. The molecule has 0 aromatic carbocycles. The molecular formula is C12H17N5O. The van der Waals surface area contributed by atoms with E-state index in [9.17, 15) is 0 Å². The number of nitrogen functional groups attached to an aromatic ring is 1. The van der Waals surface area contributed by atoms with Crippen molar-refractivity contribution < 1.29 is 4.42 Å².